The van der Waals surface area contributed by atoms with E-state index in [1.165, 1.54) is 10.5 Å². The summed E-state index contributed by atoms with van der Waals surface area (Å²) in [6.45, 7) is 5.92. The minimum Gasteiger partial charge on any atom is -0.298 e. The number of thiocarbonyl (C=S) groups is 1. The fourth-order valence-corrected chi connectivity index (χ4v) is 2.26. The second kappa shape index (κ2) is 6.45. The molecule has 1 aromatic rings. The molecule has 0 unspecified atom stereocenters. The van der Waals surface area contributed by atoms with Crippen LogP contribution in [0.4, 0.5) is 0 Å². The molecule has 1 aliphatic rings. The highest BCUT2D eigenvalue weighted by Gasteiger charge is 2.32. The van der Waals surface area contributed by atoms with E-state index in [1.807, 2.05) is 24.3 Å². The molecule has 1 aromatic carbocycles. The number of carbonyl (C=O) groups is 2. The predicted molar refractivity (Wildman–Crippen MR) is 86.4 cm³/mol. The van der Waals surface area contributed by atoms with Crippen molar-refractivity contribution in [3.63, 3.8) is 0 Å². The van der Waals surface area contributed by atoms with Crippen LogP contribution < -0.4 is 5.32 Å². The lowest BCUT2D eigenvalue weighted by molar-refractivity contribution is -0.128. The van der Waals surface area contributed by atoms with Crippen molar-refractivity contribution in [3.8, 4) is 0 Å². The molecule has 0 aliphatic carbocycles. The highest BCUT2D eigenvalue weighted by molar-refractivity contribution is 7.80. The van der Waals surface area contributed by atoms with Crippen LogP contribution in [0.1, 0.15) is 18.1 Å². The molecular weight excluding hydrogens is 284 g/mol. The minimum atomic E-state index is -0.468. The minimum absolute atomic E-state index is 0.0784. The first kappa shape index (κ1) is 15.1. The number of hydrogen-bond donors (Lipinski definition) is 1. The Bertz CT molecular complexity index is 632. The van der Waals surface area contributed by atoms with Gasteiger partial charge in [-0.25, -0.2) is 0 Å². The van der Waals surface area contributed by atoms with Crippen molar-refractivity contribution in [2.24, 2.45) is 0 Å². The number of aryl methyl sites for hydroxylation is 1. The number of rotatable bonds is 4. The molecule has 2 rings (SSSR count). The first-order valence-corrected chi connectivity index (χ1v) is 7.06. The number of nitrogens with zero attached hydrogens (tertiary/aromatic N) is 1. The largest absolute Gasteiger partial charge is 0.298 e. The van der Waals surface area contributed by atoms with Crippen LogP contribution in [0.2, 0.25) is 0 Å². The molecule has 0 aromatic heterocycles. The molecule has 4 nitrogen and oxygen atoms in total. The first-order valence-electron chi connectivity index (χ1n) is 6.65. The van der Waals surface area contributed by atoms with E-state index in [0.29, 0.717) is 0 Å². The van der Waals surface area contributed by atoms with Gasteiger partial charge in [0, 0.05) is 6.54 Å². The van der Waals surface area contributed by atoms with Gasteiger partial charge in [0.05, 0.1) is 0 Å². The number of amides is 2. The summed E-state index contributed by atoms with van der Waals surface area (Å²) >= 11 is 5.00. The summed E-state index contributed by atoms with van der Waals surface area (Å²) in [6, 6.07) is 7.72. The molecule has 5 heteroatoms. The van der Waals surface area contributed by atoms with Gasteiger partial charge >= 0.3 is 0 Å². The molecule has 1 N–H and O–H groups in total. The van der Waals surface area contributed by atoms with Gasteiger partial charge in [0.2, 0.25) is 0 Å². The highest BCUT2D eigenvalue weighted by atomic mass is 32.1. The Balaban J connectivity index is 2.32. The molecule has 0 spiro atoms. The quantitative estimate of drug-likeness (QED) is 0.401. The summed E-state index contributed by atoms with van der Waals surface area (Å²) in [4.78, 5) is 25.6. The number of hydrogen-bond acceptors (Lipinski definition) is 3. The maximum atomic E-state index is 12.3. The van der Waals surface area contributed by atoms with E-state index in [2.05, 4.69) is 18.8 Å². The van der Waals surface area contributed by atoms with Gasteiger partial charge in [-0.1, -0.05) is 37.3 Å². The van der Waals surface area contributed by atoms with Crippen molar-refractivity contribution in [2.75, 3.05) is 6.54 Å². The van der Waals surface area contributed by atoms with E-state index < -0.39 is 11.8 Å². The average molecular weight is 300 g/mol. The second-order valence-corrected chi connectivity index (χ2v) is 5.00. The molecule has 0 atom stereocenters. The normalized spacial score (nSPS) is 17.1. The molecule has 1 heterocycles. The van der Waals surface area contributed by atoms with Gasteiger partial charge in [-0.2, -0.15) is 0 Å². The maximum Gasteiger partial charge on any atom is 0.265 e. The van der Waals surface area contributed by atoms with Crippen molar-refractivity contribution < 1.29 is 9.59 Å². The molecule has 2 amide bonds. The summed E-state index contributed by atoms with van der Waals surface area (Å²) in [5.74, 6) is -0.868. The van der Waals surface area contributed by atoms with E-state index >= 15 is 0 Å². The Kier molecular flexibility index (Phi) is 4.65. The van der Waals surface area contributed by atoms with Crippen molar-refractivity contribution in [2.45, 2.75) is 13.3 Å². The fourth-order valence-electron chi connectivity index (χ4n) is 2.01. The van der Waals surface area contributed by atoms with Crippen molar-refractivity contribution in [1.82, 2.24) is 10.2 Å². The Hall–Kier alpha value is -2.27. The van der Waals surface area contributed by atoms with Crippen LogP contribution in [0.3, 0.4) is 0 Å². The van der Waals surface area contributed by atoms with E-state index in [9.17, 15) is 9.59 Å². The molecule has 1 fully saturated rings. The lowest BCUT2D eigenvalue weighted by Crippen LogP contribution is -2.53. The molecule has 108 valence electrons. The van der Waals surface area contributed by atoms with Gasteiger partial charge in [-0.3, -0.25) is 19.8 Å². The van der Waals surface area contributed by atoms with Crippen molar-refractivity contribution >= 4 is 35.2 Å². The molecule has 0 radical (unpaired) electrons. The number of nitrogens with one attached hydrogen (secondary N) is 1. The van der Waals surface area contributed by atoms with Gasteiger partial charge in [0.1, 0.15) is 5.57 Å². The third kappa shape index (κ3) is 3.25. The second-order valence-electron chi connectivity index (χ2n) is 4.62. The zero-order valence-corrected chi connectivity index (χ0v) is 12.6. The van der Waals surface area contributed by atoms with Crippen LogP contribution in [0.15, 0.2) is 42.5 Å². The van der Waals surface area contributed by atoms with E-state index in [0.717, 1.165) is 12.0 Å². The molecule has 1 saturated heterocycles. The van der Waals surface area contributed by atoms with E-state index in [-0.39, 0.29) is 17.2 Å². The van der Waals surface area contributed by atoms with Gasteiger partial charge < -0.3 is 0 Å². The molecule has 0 saturated carbocycles. The highest BCUT2D eigenvalue weighted by Crippen LogP contribution is 2.15. The van der Waals surface area contributed by atoms with Crippen LogP contribution >= 0.6 is 12.2 Å². The van der Waals surface area contributed by atoms with Crippen molar-refractivity contribution in [1.29, 1.82) is 0 Å². The lowest BCUT2D eigenvalue weighted by atomic mass is 10.1. The summed E-state index contributed by atoms with van der Waals surface area (Å²) in [5.41, 5.74) is 2.08. The van der Waals surface area contributed by atoms with Gasteiger partial charge in [-0.15, -0.1) is 6.58 Å². The number of carbonyl (C=O) groups excluding carboxylic acids is 2. The summed E-state index contributed by atoms with van der Waals surface area (Å²) in [6.07, 6.45) is 4.09. The van der Waals surface area contributed by atoms with Crippen LogP contribution in [0, 0.1) is 0 Å². The van der Waals surface area contributed by atoms with E-state index in [4.69, 9.17) is 12.2 Å². The standard InChI is InChI=1S/C16H16N2O2S/c1-3-9-18-15(20)13(14(19)17-16(18)21)10-12-7-5-11(4-2)6-8-12/h3,5-8,10H,1,4,9H2,2H3,(H,17,19,21)/b13-10-. The van der Waals surface area contributed by atoms with Crippen LogP contribution in [-0.2, 0) is 16.0 Å². The van der Waals surface area contributed by atoms with Crippen LogP contribution in [0.25, 0.3) is 6.08 Å². The third-order valence-electron chi connectivity index (χ3n) is 3.20. The first-order chi connectivity index (χ1) is 10.1. The van der Waals surface area contributed by atoms with Gasteiger partial charge in [0.25, 0.3) is 11.8 Å². The fraction of sp³-hybridized carbons (Fsp3) is 0.188. The SMILES string of the molecule is C=CCN1C(=O)/C(=C\c2ccc(CC)cc2)C(=O)NC1=S. The zero-order valence-electron chi connectivity index (χ0n) is 11.8. The Morgan fingerprint density at radius 2 is 1.95 bits per heavy atom. The van der Waals surface area contributed by atoms with Crippen molar-refractivity contribution in [3.05, 3.63) is 53.6 Å². The third-order valence-corrected chi connectivity index (χ3v) is 3.52. The smallest absolute Gasteiger partial charge is 0.265 e. The molecular formula is C16H16N2O2S. The molecule has 21 heavy (non-hydrogen) atoms. The van der Waals surface area contributed by atoms with Gasteiger partial charge in [0.15, 0.2) is 5.11 Å². The topological polar surface area (TPSA) is 49.4 Å². The Morgan fingerprint density at radius 1 is 1.29 bits per heavy atom. The maximum absolute atomic E-state index is 12.3. The molecule has 0 bridgehead atoms. The average Bonchev–Trinajstić information content (AvgIpc) is 2.48. The Labute approximate surface area is 129 Å². The predicted octanol–water partition coefficient (Wildman–Crippen LogP) is 2.06. The summed E-state index contributed by atoms with van der Waals surface area (Å²) < 4.78 is 0. The molecule has 1 aliphatic heterocycles. The monoisotopic (exact) mass is 300 g/mol. The summed E-state index contributed by atoms with van der Waals surface area (Å²) in [5, 5.41) is 2.63. The lowest BCUT2D eigenvalue weighted by Gasteiger charge is -2.27. The van der Waals surface area contributed by atoms with E-state index in [1.54, 1.807) is 12.2 Å². The Morgan fingerprint density at radius 3 is 2.52 bits per heavy atom. The zero-order chi connectivity index (χ0) is 15.4. The number of benzene rings is 1. The summed E-state index contributed by atoms with van der Waals surface area (Å²) in [7, 11) is 0. The van der Waals surface area contributed by atoms with Gasteiger partial charge in [-0.05, 0) is 35.8 Å². The van der Waals surface area contributed by atoms with Crippen LogP contribution in [-0.4, -0.2) is 28.4 Å². The van der Waals surface area contributed by atoms with Crippen LogP contribution in [0.5, 0.6) is 0 Å².